The summed E-state index contributed by atoms with van der Waals surface area (Å²) in [6.07, 6.45) is 6.54. The molecule has 0 aromatic carbocycles. The van der Waals surface area contributed by atoms with Crippen LogP contribution in [0.5, 0.6) is 0 Å². The average Bonchev–Trinajstić information content (AvgIpc) is 2.89. The van der Waals surface area contributed by atoms with Gasteiger partial charge in [0, 0.05) is 18.7 Å². The van der Waals surface area contributed by atoms with Crippen LogP contribution in [0.25, 0.3) is 0 Å². The number of rotatable bonds is 5. The van der Waals surface area contributed by atoms with Gasteiger partial charge in [-0.25, -0.2) is 4.79 Å². The number of nitrogens with zero attached hydrogens (tertiary/aromatic N) is 3. The molecule has 3 rings (SSSR count). The average molecular weight is 302 g/mol. The molecule has 0 aliphatic heterocycles. The largest absolute Gasteiger partial charge is 0.427 e. The van der Waals surface area contributed by atoms with E-state index in [1.165, 1.54) is 0 Å². The molecule has 1 fully saturated rings. The number of hydrogen-bond donors (Lipinski definition) is 1. The molecule has 22 heavy (non-hydrogen) atoms. The number of carbonyl (C=O) groups is 1. The Bertz CT molecular complexity index is 717. The Hall–Kier alpha value is -2.44. The van der Waals surface area contributed by atoms with Crippen molar-refractivity contribution in [2.45, 2.75) is 38.6 Å². The molecule has 2 aromatic heterocycles. The fourth-order valence-corrected chi connectivity index (χ4v) is 2.52. The second-order valence-electron chi connectivity index (χ2n) is 5.54. The van der Waals surface area contributed by atoms with Crippen LogP contribution in [0.4, 0.5) is 0 Å². The van der Waals surface area contributed by atoms with Gasteiger partial charge in [0.15, 0.2) is 0 Å². The zero-order chi connectivity index (χ0) is 15.5. The number of aryl methyl sites for hydroxylation is 1. The summed E-state index contributed by atoms with van der Waals surface area (Å²) in [6.45, 7) is 2.63. The van der Waals surface area contributed by atoms with Gasteiger partial charge in [-0.3, -0.25) is 9.48 Å². The number of hydrogen-bond acceptors (Lipinski definition) is 5. The molecule has 0 atom stereocenters. The summed E-state index contributed by atoms with van der Waals surface area (Å²) in [5, 5.41) is 10.2. The van der Waals surface area contributed by atoms with Crippen molar-refractivity contribution in [3.05, 3.63) is 45.8 Å². The third-order valence-electron chi connectivity index (χ3n) is 4.00. The van der Waals surface area contributed by atoms with Crippen LogP contribution in [-0.2, 0) is 6.54 Å². The van der Waals surface area contributed by atoms with E-state index in [4.69, 9.17) is 4.42 Å². The summed E-state index contributed by atoms with van der Waals surface area (Å²) in [5.41, 5.74) is 0.193. The van der Waals surface area contributed by atoms with Crippen molar-refractivity contribution in [3.8, 4) is 0 Å². The number of aromatic nitrogens is 3. The number of nitrogens with one attached hydrogen (secondary N) is 1. The second kappa shape index (κ2) is 6.13. The van der Waals surface area contributed by atoms with Gasteiger partial charge in [0.05, 0.1) is 12.7 Å². The first-order valence-electron chi connectivity index (χ1n) is 7.42. The van der Waals surface area contributed by atoms with Crippen LogP contribution in [0.1, 0.15) is 46.9 Å². The standard InChI is InChI=1S/C15H18N4O3/c1-10-9-12(11-3-2-4-11)22-15(21)13(10)14(20)16-5-7-19-8-6-17-18-19/h6,8-9,11H,2-5,7H2,1H3,(H,16,20). The molecule has 0 unspecified atom stereocenters. The summed E-state index contributed by atoms with van der Waals surface area (Å²) in [6, 6.07) is 1.82. The third kappa shape index (κ3) is 2.93. The minimum absolute atomic E-state index is 0.0849. The second-order valence-corrected chi connectivity index (χ2v) is 5.54. The highest BCUT2D eigenvalue weighted by Gasteiger charge is 2.25. The SMILES string of the molecule is Cc1cc(C2CCC2)oc(=O)c1C(=O)NCCn1ccnn1. The van der Waals surface area contributed by atoms with Crippen molar-refractivity contribution in [1.29, 1.82) is 0 Å². The predicted octanol–water partition coefficient (Wildman–Crippen LogP) is 1.24. The fraction of sp³-hybridized carbons (Fsp3) is 0.467. The van der Waals surface area contributed by atoms with Crippen molar-refractivity contribution in [1.82, 2.24) is 20.3 Å². The van der Waals surface area contributed by atoms with Gasteiger partial charge in [-0.1, -0.05) is 11.6 Å². The molecular weight excluding hydrogens is 284 g/mol. The topological polar surface area (TPSA) is 90.0 Å². The van der Waals surface area contributed by atoms with Gasteiger partial charge in [-0.2, -0.15) is 0 Å². The third-order valence-corrected chi connectivity index (χ3v) is 4.00. The molecule has 1 saturated carbocycles. The van der Waals surface area contributed by atoms with Crippen molar-refractivity contribution >= 4 is 5.91 Å². The van der Waals surface area contributed by atoms with E-state index in [2.05, 4.69) is 15.6 Å². The highest BCUT2D eigenvalue weighted by atomic mass is 16.4. The van der Waals surface area contributed by atoms with Crippen molar-refractivity contribution in [2.24, 2.45) is 0 Å². The Balaban J connectivity index is 1.67. The summed E-state index contributed by atoms with van der Waals surface area (Å²) in [5.74, 6) is 0.621. The van der Waals surface area contributed by atoms with Crippen LogP contribution >= 0.6 is 0 Å². The zero-order valence-electron chi connectivity index (χ0n) is 12.4. The predicted molar refractivity (Wildman–Crippen MR) is 78.7 cm³/mol. The quantitative estimate of drug-likeness (QED) is 0.897. The Morgan fingerprint density at radius 2 is 2.32 bits per heavy atom. The molecule has 2 aromatic rings. The molecule has 0 saturated heterocycles. The van der Waals surface area contributed by atoms with Crippen LogP contribution in [-0.4, -0.2) is 27.4 Å². The van der Waals surface area contributed by atoms with Crippen LogP contribution in [0.15, 0.2) is 27.7 Å². The highest BCUT2D eigenvalue weighted by molar-refractivity contribution is 5.95. The Kier molecular flexibility index (Phi) is 4.04. The first kappa shape index (κ1) is 14.5. The normalized spacial score (nSPS) is 14.6. The van der Waals surface area contributed by atoms with E-state index in [-0.39, 0.29) is 5.56 Å². The monoisotopic (exact) mass is 302 g/mol. The Morgan fingerprint density at radius 1 is 1.50 bits per heavy atom. The van der Waals surface area contributed by atoms with Gasteiger partial charge in [0.25, 0.3) is 5.91 Å². The minimum atomic E-state index is -0.555. The van der Waals surface area contributed by atoms with E-state index in [0.717, 1.165) is 19.3 Å². The van der Waals surface area contributed by atoms with Crippen molar-refractivity contribution in [2.75, 3.05) is 6.54 Å². The van der Waals surface area contributed by atoms with E-state index < -0.39 is 11.5 Å². The van der Waals surface area contributed by atoms with E-state index in [1.54, 1.807) is 24.0 Å². The van der Waals surface area contributed by atoms with E-state index in [1.807, 2.05) is 6.07 Å². The van der Waals surface area contributed by atoms with E-state index in [9.17, 15) is 9.59 Å². The van der Waals surface area contributed by atoms with Gasteiger partial charge in [-0.05, 0) is 31.4 Å². The first-order valence-corrected chi connectivity index (χ1v) is 7.42. The maximum atomic E-state index is 12.2. The Morgan fingerprint density at radius 3 is 2.91 bits per heavy atom. The zero-order valence-corrected chi connectivity index (χ0v) is 12.4. The van der Waals surface area contributed by atoms with E-state index >= 15 is 0 Å². The summed E-state index contributed by atoms with van der Waals surface area (Å²) < 4.78 is 6.93. The van der Waals surface area contributed by atoms with Gasteiger partial charge in [0.1, 0.15) is 11.3 Å². The van der Waals surface area contributed by atoms with Crippen molar-refractivity contribution < 1.29 is 9.21 Å². The lowest BCUT2D eigenvalue weighted by molar-refractivity contribution is 0.0946. The van der Waals surface area contributed by atoms with Gasteiger partial charge >= 0.3 is 5.63 Å². The van der Waals surface area contributed by atoms with Gasteiger partial charge in [-0.15, -0.1) is 5.10 Å². The van der Waals surface area contributed by atoms with Crippen molar-refractivity contribution in [3.63, 3.8) is 0 Å². The smallest absolute Gasteiger partial charge is 0.349 e. The number of carbonyl (C=O) groups excluding carboxylic acids is 1. The number of amides is 1. The molecule has 7 heteroatoms. The lowest BCUT2D eigenvalue weighted by atomic mass is 9.83. The van der Waals surface area contributed by atoms with Crippen LogP contribution in [0, 0.1) is 6.92 Å². The molecule has 7 nitrogen and oxygen atoms in total. The fourth-order valence-electron chi connectivity index (χ4n) is 2.52. The summed E-state index contributed by atoms with van der Waals surface area (Å²) in [4.78, 5) is 24.2. The van der Waals surface area contributed by atoms with Crippen LogP contribution < -0.4 is 10.9 Å². The molecule has 1 N–H and O–H groups in total. The molecule has 0 radical (unpaired) electrons. The molecule has 116 valence electrons. The molecule has 1 aliphatic carbocycles. The molecular formula is C15H18N4O3. The maximum absolute atomic E-state index is 12.2. The summed E-state index contributed by atoms with van der Waals surface area (Å²) in [7, 11) is 0. The van der Waals surface area contributed by atoms with Crippen LogP contribution in [0.2, 0.25) is 0 Å². The van der Waals surface area contributed by atoms with E-state index in [0.29, 0.717) is 30.3 Å². The molecule has 1 aliphatic rings. The minimum Gasteiger partial charge on any atom is -0.427 e. The lowest BCUT2D eigenvalue weighted by Crippen LogP contribution is -2.32. The first-order chi connectivity index (χ1) is 10.6. The highest BCUT2D eigenvalue weighted by Crippen LogP contribution is 2.36. The molecule has 0 spiro atoms. The van der Waals surface area contributed by atoms with Gasteiger partial charge < -0.3 is 9.73 Å². The molecule has 0 bridgehead atoms. The molecule has 2 heterocycles. The van der Waals surface area contributed by atoms with Gasteiger partial charge in [0.2, 0.25) is 0 Å². The van der Waals surface area contributed by atoms with Crippen LogP contribution in [0.3, 0.4) is 0 Å². The lowest BCUT2D eigenvalue weighted by Gasteiger charge is -2.24. The Labute approximate surface area is 127 Å². The molecule has 1 amide bonds. The summed E-state index contributed by atoms with van der Waals surface area (Å²) >= 11 is 0. The maximum Gasteiger partial charge on any atom is 0.349 e.